The van der Waals surface area contributed by atoms with Crippen molar-refractivity contribution in [3.05, 3.63) is 37.8 Å². The molecule has 2 aromatic rings. The minimum atomic E-state index is -0.528. The van der Waals surface area contributed by atoms with Gasteiger partial charge < -0.3 is 9.84 Å². The van der Waals surface area contributed by atoms with Crippen LogP contribution in [0, 0.1) is 13.8 Å². The summed E-state index contributed by atoms with van der Waals surface area (Å²) in [5, 5.41) is 8.77. The van der Waals surface area contributed by atoms with Crippen molar-refractivity contribution >= 4 is 33.2 Å². The van der Waals surface area contributed by atoms with E-state index in [0.717, 1.165) is 20.8 Å². The summed E-state index contributed by atoms with van der Waals surface area (Å²) in [6.07, 6.45) is 0. The first kappa shape index (κ1) is 14.3. The van der Waals surface area contributed by atoms with Crippen molar-refractivity contribution in [1.29, 1.82) is 0 Å². The predicted octanol–water partition coefficient (Wildman–Crippen LogP) is 3.78. The molecule has 1 N–H and O–H groups in total. The molecule has 2 rings (SSSR count). The zero-order chi connectivity index (χ0) is 14.2. The molecule has 0 spiro atoms. The number of rotatable bonds is 3. The van der Waals surface area contributed by atoms with Crippen molar-refractivity contribution in [3.8, 4) is 0 Å². The van der Waals surface area contributed by atoms with Crippen LogP contribution in [0.25, 0.3) is 0 Å². The average Bonchev–Trinajstić information content (AvgIpc) is 2.85. The molecule has 102 valence electrons. The van der Waals surface area contributed by atoms with Crippen LogP contribution in [0.15, 0.2) is 19.8 Å². The third-order valence-corrected chi connectivity index (χ3v) is 4.42. The van der Waals surface area contributed by atoms with E-state index in [1.807, 2.05) is 39.1 Å². The average molecular weight is 343 g/mol. The smallest absolute Gasteiger partial charge is 0.252 e. The molecular weight excluding hydrogens is 328 g/mol. The molecule has 2 heterocycles. The molecule has 0 unspecified atom stereocenters. The summed E-state index contributed by atoms with van der Waals surface area (Å²) in [5.74, 6) is 0.626. The number of carbonyl (C=O) groups is 1. The van der Waals surface area contributed by atoms with Gasteiger partial charge in [-0.05, 0) is 49.7 Å². The van der Waals surface area contributed by atoms with E-state index in [-0.39, 0.29) is 5.91 Å². The van der Waals surface area contributed by atoms with Crippen molar-refractivity contribution in [3.63, 3.8) is 0 Å². The molecule has 0 aliphatic carbocycles. The Morgan fingerprint density at radius 1 is 1.47 bits per heavy atom. The van der Waals surface area contributed by atoms with Crippen LogP contribution in [0.1, 0.15) is 41.2 Å². The number of halogens is 1. The fraction of sp³-hybridized carbons (Fsp3) is 0.385. The molecule has 1 amide bonds. The maximum absolute atomic E-state index is 12.2. The highest BCUT2D eigenvalue weighted by Crippen LogP contribution is 2.28. The van der Waals surface area contributed by atoms with Crippen molar-refractivity contribution < 1.29 is 9.32 Å². The van der Waals surface area contributed by atoms with Gasteiger partial charge in [-0.1, -0.05) is 5.16 Å². The van der Waals surface area contributed by atoms with E-state index in [9.17, 15) is 4.79 Å². The molecule has 0 aliphatic rings. The molecule has 0 atom stereocenters. The van der Waals surface area contributed by atoms with Gasteiger partial charge in [-0.25, -0.2) is 0 Å². The van der Waals surface area contributed by atoms with E-state index < -0.39 is 5.54 Å². The lowest BCUT2D eigenvalue weighted by Gasteiger charge is -2.26. The van der Waals surface area contributed by atoms with Crippen LogP contribution in [0.5, 0.6) is 0 Å². The minimum absolute atomic E-state index is 0.105. The van der Waals surface area contributed by atoms with E-state index >= 15 is 0 Å². The number of hydrogen-bond donors (Lipinski definition) is 1. The molecule has 0 saturated heterocycles. The van der Waals surface area contributed by atoms with Crippen LogP contribution in [-0.4, -0.2) is 11.1 Å². The fourth-order valence-corrected chi connectivity index (χ4v) is 3.36. The van der Waals surface area contributed by atoms with Gasteiger partial charge >= 0.3 is 0 Å². The van der Waals surface area contributed by atoms with Crippen LogP contribution < -0.4 is 5.32 Å². The highest BCUT2D eigenvalue weighted by atomic mass is 79.9. The Balaban J connectivity index is 2.24. The topological polar surface area (TPSA) is 55.1 Å². The first-order chi connectivity index (χ1) is 8.81. The largest absolute Gasteiger partial charge is 0.361 e. The second kappa shape index (κ2) is 5.09. The number of aromatic nitrogens is 1. The molecule has 0 saturated carbocycles. The molecule has 0 bridgehead atoms. The molecule has 0 aromatic carbocycles. The summed E-state index contributed by atoms with van der Waals surface area (Å²) in [4.78, 5) is 12.2. The van der Waals surface area contributed by atoms with Crippen LogP contribution in [0.4, 0.5) is 0 Å². The maximum atomic E-state index is 12.2. The lowest BCUT2D eigenvalue weighted by Crippen LogP contribution is -2.41. The third kappa shape index (κ3) is 2.90. The molecule has 2 aromatic heterocycles. The minimum Gasteiger partial charge on any atom is -0.361 e. The number of hydrogen-bond acceptors (Lipinski definition) is 4. The van der Waals surface area contributed by atoms with Crippen LogP contribution in [0.3, 0.4) is 0 Å². The Labute approximate surface area is 124 Å². The maximum Gasteiger partial charge on any atom is 0.252 e. The standard InChI is InChI=1S/C13H15BrN2O2S/c1-7-11(8(2)18-16-7)13(3,4)15-12(17)9-5-10(14)19-6-9/h5-6H,1-4H3,(H,15,17). The molecule has 4 nitrogen and oxygen atoms in total. The Morgan fingerprint density at radius 3 is 2.63 bits per heavy atom. The van der Waals surface area contributed by atoms with Gasteiger partial charge in [0.2, 0.25) is 0 Å². The highest BCUT2D eigenvalue weighted by molar-refractivity contribution is 9.11. The van der Waals surface area contributed by atoms with Crippen molar-refractivity contribution in [2.75, 3.05) is 0 Å². The number of aryl methyl sites for hydroxylation is 2. The van der Waals surface area contributed by atoms with Gasteiger partial charge in [-0.3, -0.25) is 4.79 Å². The predicted molar refractivity (Wildman–Crippen MR) is 78.5 cm³/mol. The Bertz CT molecular complexity index is 596. The second-order valence-electron chi connectivity index (χ2n) is 4.92. The Morgan fingerprint density at radius 2 is 2.16 bits per heavy atom. The summed E-state index contributed by atoms with van der Waals surface area (Å²) in [6, 6.07) is 1.81. The van der Waals surface area contributed by atoms with Crippen LogP contribution in [-0.2, 0) is 5.54 Å². The number of carbonyl (C=O) groups excluding carboxylic acids is 1. The Kier molecular flexibility index (Phi) is 3.82. The van der Waals surface area contributed by atoms with Gasteiger partial charge in [0.05, 0.1) is 20.6 Å². The third-order valence-electron chi connectivity index (χ3n) is 2.91. The molecule has 6 heteroatoms. The van der Waals surface area contributed by atoms with Crippen LogP contribution >= 0.6 is 27.3 Å². The monoisotopic (exact) mass is 342 g/mol. The lowest BCUT2D eigenvalue weighted by molar-refractivity contribution is 0.0912. The number of nitrogens with zero attached hydrogens (tertiary/aromatic N) is 1. The number of amides is 1. The Hall–Kier alpha value is -1.14. The van der Waals surface area contributed by atoms with E-state index in [1.54, 1.807) is 0 Å². The zero-order valence-electron chi connectivity index (χ0n) is 11.2. The molecule has 0 fully saturated rings. The summed E-state index contributed by atoms with van der Waals surface area (Å²) >= 11 is 4.84. The van der Waals surface area contributed by atoms with Gasteiger partial charge in [0, 0.05) is 10.9 Å². The molecule has 19 heavy (non-hydrogen) atoms. The van der Waals surface area contributed by atoms with E-state index in [4.69, 9.17) is 4.52 Å². The van der Waals surface area contributed by atoms with E-state index in [2.05, 4.69) is 26.4 Å². The van der Waals surface area contributed by atoms with E-state index in [0.29, 0.717) is 5.56 Å². The molecule has 0 radical (unpaired) electrons. The van der Waals surface area contributed by atoms with Gasteiger partial charge in [0.1, 0.15) is 5.76 Å². The number of nitrogens with one attached hydrogen (secondary N) is 1. The normalized spacial score (nSPS) is 11.6. The van der Waals surface area contributed by atoms with Crippen molar-refractivity contribution in [2.45, 2.75) is 33.2 Å². The fourth-order valence-electron chi connectivity index (χ4n) is 2.22. The van der Waals surface area contributed by atoms with Crippen molar-refractivity contribution in [1.82, 2.24) is 10.5 Å². The summed E-state index contributed by atoms with van der Waals surface area (Å²) in [6.45, 7) is 7.61. The number of thiophene rings is 1. The molecule has 0 aliphatic heterocycles. The lowest BCUT2D eigenvalue weighted by atomic mass is 9.92. The highest BCUT2D eigenvalue weighted by Gasteiger charge is 2.30. The quantitative estimate of drug-likeness (QED) is 0.923. The summed E-state index contributed by atoms with van der Waals surface area (Å²) < 4.78 is 6.10. The van der Waals surface area contributed by atoms with Gasteiger partial charge in [-0.2, -0.15) is 0 Å². The van der Waals surface area contributed by atoms with E-state index in [1.165, 1.54) is 11.3 Å². The summed E-state index contributed by atoms with van der Waals surface area (Å²) in [7, 11) is 0. The molecular formula is C13H15BrN2O2S. The second-order valence-corrected chi connectivity index (χ2v) is 7.21. The first-order valence-electron chi connectivity index (χ1n) is 5.81. The van der Waals surface area contributed by atoms with Gasteiger partial charge in [0.25, 0.3) is 5.91 Å². The van der Waals surface area contributed by atoms with Gasteiger partial charge in [0.15, 0.2) is 0 Å². The van der Waals surface area contributed by atoms with Crippen LogP contribution in [0.2, 0.25) is 0 Å². The SMILES string of the molecule is Cc1noc(C)c1C(C)(C)NC(=O)c1csc(Br)c1. The first-order valence-corrected chi connectivity index (χ1v) is 7.48. The van der Waals surface area contributed by atoms with Crippen molar-refractivity contribution in [2.24, 2.45) is 0 Å². The van der Waals surface area contributed by atoms with Gasteiger partial charge in [-0.15, -0.1) is 11.3 Å². The zero-order valence-corrected chi connectivity index (χ0v) is 13.6. The summed E-state index contributed by atoms with van der Waals surface area (Å²) in [5.41, 5.74) is 1.85.